The number of nitrogens with one attached hydrogen (secondary N) is 3. The molecule has 0 bridgehead atoms. The molecule has 26 heavy (non-hydrogen) atoms. The Labute approximate surface area is 152 Å². The molecule has 0 aliphatic carbocycles. The first-order valence-corrected chi connectivity index (χ1v) is 9.63. The Morgan fingerprint density at radius 3 is 2.19 bits per heavy atom. The Kier molecular flexibility index (Phi) is 6.74. The molecule has 0 unspecified atom stereocenters. The lowest BCUT2D eigenvalue weighted by Crippen LogP contribution is -2.37. The SMILES string of the molecule is CCCNC(=O)CNC(=O)c1ccc(NS(=O)(=O)c2ccccc2)cc1. The molecular weight excluding hydrogens is 354 g/mol. The van der Waals surface area contributed by atoms with Crippen LogP contribution in [0.15, 0.2) is 59.5 Å². The second kappa shape index (κ2) is 9.00. The van der Waals surface area contributed by atoms with Crippen LogP contribution in [-0.4, -0.2) is 33.3 Å². The molecule has 138 valence electrons. The topological polar surface area (TPSA) is 104 Å². The summed E-state index contributed by atoms with van der Waals surface area (Å²) in [5.41, 5.74) is 0.669. The summed E-state index contributed by atoms with van der Waals surface area (Å²) >= 11 is 0. The summed E-state index contributed by atoms with van der Waals surface area (Å²) in [5, 5.41) is 5.17. The normalized spacial score (nSPS) is 10.8. The molecule has 2 aromatic rings. The van der Waals surface area contributed by atoms with Crippen molar-refractivity contribution in [1.82, 2.24) is 10.6 Å². The summed E-state index contributed by atoms with van der Waals surface area (Å²) in [6.45, 7) is 2.39. The minimum Gasteiger partial charge on any atom is -0.355 e. The van der Waals surface area contributed by atoms with Crippen LogP contribution < -0.4 is 15.4 Å². The van der Waals surface area contributed by atoms with Crippen LogP contribution in [0.4, 0.5) is 5.69 Å². The van der Waals surface area contributed by atoms with Crippen molar-refractivity contribution in [2.24, 2.45) is 0 Å². The number of hydrogen-bond donors (Lipinski definition) is 3. The molecule has 0 aromatic heterocycles. The van der Waals surface area contributed by atoms with E-state index in [1.165, 1.54) is 36.4 Å². The van der Waals surface area contributed by atoms with E-state index in [1.807, 2.05) is 6.92 Å². The molecule has 0 radical (unpaired) electrons. The number of benzene rings is 2. The predicted octanol–water partition coefficient (Wildman–Crippen LogP) is 1.74. The van der Waals surface area contributed by atoms with Gasteiger partial charge in [-0.2, -0.15) is 0 Å². The first-order valence-electron chi connectivity index (χ1n) is 8.15. The fraction of sp³-hybridized carbons (Fsp3) is 0.222. The number of amides is 2. The monoisotopic (exact) mass is 375 g/mol. The first kappa shape index (κ1) is 19.5. The third-order valence-corrected chi connectivity index (χ3v) is 4.83. The van der Waals surface area contributed by atoms with E-state index in [0.29, 0.717) is 17.8 Å². The number of sulfonamides is 1. The molecular formula is C18H21N3O4S. The lowest BCUT2D eigenvalue weighted by atomic mass is 10.2. The van der Waals surface area contributed by atoms with Gasteiger partial charge in [0, 0.05) is 17.8 Å². The van der Waals surface area contributed by atoms with Gasteiger partial charge in [-0.15, -0.1) is 0 Å². The largest absolute Gasteiger partial charge is 0.355 e. The number of hydrogen-bond acceptors (Lipinski definition) is 4. The van der Waals surface area contributed by atoms with Gasteiger partial charge in [-0.25, -0.2) is 8.42 Å². The van der Waals surface area contributed by atoms with Crippen LogP contribution in [0.2, 0.25) is 0 Å². The van der Waals surface area contributed by atoms with Crippen LogP contribution >= 0.6 is 0 Å². The van der Waals surface area contributed by atoms with Crippen LogP contribution in [-0.2, 0) is 14.8 Å². The smallest absolute Gasteiger partial charge is 0.261 e. The van der Waals surface area contributed by atoms with Crippen LogP contribution in [0.3, 0.4) is 0 Å². The number of rotatable bonds is 8. The lowest BCUT2D eigenvalue weighted by molar-refractivity contribution is -0.120. The van der Waals surface area contributed by atoms with E-state index in [1.54, 1.807) is 18.2 Å². The van der Waals surface area contributed by atoms with Crippen molar-refractivity contribution >= 4 is 27.5 Å². The van der Waals surface area contributed by atoms with Crippen LogP contribution in [0.5, 0.6) is 0 Å². The van der Waals surface area contributed by atoms with Crippen molar-refractivity contribution in [2.75, 3.05) is 17.8 Å². The van der Waals surface area contributed by atoms with Gasteiger partial charge in [0.2, 0.25) is 5.91 Å². The second-order valence-corrected chi connectivity index (χ2v) is 7.21. The summed E-state index contributed by atoms with van der Waals surface area (Å²) in [7, 11) is -3.68. The zero-order chi connectivity index (χ0) is 19.0. The molecule has 2 amide bonds. The molecule has 0 aliphatic heterocycles. The summed E-state index contributed by atoms with van der Waals surface area (Å²) in [5.74, 6) is -0.665. The molecule has 2 aromatic carbocycles. The Hall–Kier alpha value is -2.87. The average molecular weight is 375 g/mol. The van der Waals surface area contributed by atoms with E-state index in [2.05, 4.69) is 15.4 Å². The van der Waals surface area contributed by atoms with Crippen molar-refractivity contribution in [2.45, 2.75) is 18.2 Å². The van der Waals surface area contributed by atoms with Gasteiger partial charge in [-0.3, -0.25) is 14.3 Å². The third-order valence-electron chi connectivity index (χ3n) is 3.43. The molecule has 0 fully saturated rings. The standard InChI is InChI=1S/C18H21N3O4S/c1-2-12-19-17(22)13-20-18(23)14-8-10-15(11-9-14)21-26(24,25)16-6-4-3-5-7-16/h3-11,21H,2,12-13H2,1H3,(H,19,22)(H,20,23). The minimum atomic E-state index is -3.68. The lowest BCUT2D eigenvalue weighted by Gasteiger charge is -2.09. The Morgan fingerprint density at radius 1 is 0.923 bits per heavy atom. The van der Waals surface area contributed by atoms with Gasteiger partial charge in [0.05, 0.1) is 11.4 Å². The molecule has 2 rings (SSSR count). The van der Waals surface area contributed by atoms with Crippen LogP contribution in [0.1, 0.15) is 23.7 Å². The van der Waals surface area contributed by atoms with E-state index in [0.717, 1.165) is 6.42 Å². The molecule has 0 spiro atoms. The van der Waals surface area contributed by atoms with Crippen molar-refractivity contribution in [1.29, 1.82) is 0 Å². The van der Waals surface area contributed by atoms with Gasteiger partial charge >= 0.3 is 0 Å². The highest BCUT2D eigenvalue weighted by molar-refractivity contribution is 7.92. The summed E-state index contributed by atoms with van der Waals surface area (Å²) in [6, 6.07) is 14.0. The number of carbonyl (C=O) groups excluding carboxylic acids is 2. The van der Waals surface area contributed by atoms with E-state index >= 15 is 0 Å². The molecule has 8 heteroatoms. The molecule has 7 nitrogen and oxygen atoms in total. The number of carbonyl (C=O) groups is 2. The van der Waals surface area contributed by atoms with E-state index < -0.39 is 15.9 Å². The molecule has 0 heterocycles. The predicted molar refractivity (Wildman–Crippen MR) is 99.3 cm³/mol. The van der Waals surface area contributed by atoms with Crippen molar-refractivity contribution in [3.63, 3.8) is 0 Å². The Balaban J connectivity index is 1.95. The molecule has 0 saturated heterocycles. The van der Waals surface area contributed by atoms with E-state index in [4.69, 9.17) is 0 Å². The third kappa shape index (κ3) is 5.59. The molecule has 0 atom stereocenters. The quantitative estimate of drug-likeness (QED) is 0.654. The van der Waals surface area contributed by atoms with Gasteiger partial charge in [0.15, 0.2) is 0 Å². The first-order chi connectivity index (χ1) is 12.4. The van der Waals surface area contributed by atoms with Crippen molar-refractivity contribution < 1.29 is 18.0 Å². The zero-order valence-electron chi connectivity index (χ0n) is 14.4. The molecule has 3 N–H and O–H groups in total. The van der Waals surface area contributed by atoms with E-state index in [9.17, 15) is 18.0 Å². The second-order valence-electron chi connectivity index (χ2n) is 5.53. The van der Waals surface area contributed by atoms with Gasteiger partial charge in [0.1, 0.15) is 0 Å². The van der Waals surface area contributed by atoms with Crippen LogP contribution in [0, 0.1) is 0 Å². The van der Waals surface area contributed by atoms with E-state index in [-0.39, 0.29) is 17.3 Å². The molecule has 0 saturated carbocycles. The molecule has 0 aliphatic rings. The van der Waals surface area contributed by atoms with Crippen molar-refractivity contribution in [3.05, 3.63) is 60.2 Å². The van der Waals surface area contributed by atoms with Gasteiger partial charge < -0.3 is 10.6 Å². The highest BCUT2D eigenvalue weighted by atomic mass is 32.2. The Bertz CT molecular complexity index is 850. The highest BCUT2D eigenvalue weighted by Crippen LogP contribution is 2.16. The van der Waals surface area contributed by atoms with Gasteiger partial charge in [-0.1, -0.05) is 25.1 Å². The summed E-state index contributed by atoms with van der Waals surface area (Å²) in [6.07, 6.45) is 0.819. The number of anilines is 1. The van der Waals surface area contributed by atoms with Crippen LogP contribution in [0.25, 0.3) is 0 Å². The minimum absolute atomic E-state index is 0.110. The highest BCUT2D eigenvalue weighted by Gasteiger charge is 2.14. The maximum absolute atomic E-state index is 12.2. The van der Waals surface area contributed by atoms with Crippen molar-refractivity contribution in [3.8, 4) is 0 Å². The summed E-state index contributed by atoms with van der Waals surface area (Å²) < 4.78 is 26.9. The maximum Gasteiger partial charge on any atom is 0.261 e. The summed E-state index contributed by atoms with van der Waals surface area (Å²) in [4.78, 5) is 23.6. The fourth-order valence-electron chi connectivity index (χ4n) is 2.09. The Morgan fingerprint density at radius 2 is 1.58 bits per heavy atom. The van der Waals surface area contributed by atoms with Gasteiger partial charge in [0.25, 0.3) is 15.9 Å². The average Bonchev–Trinajstić information content (AvgIpc) is 2.65. The van der Waals surface area contributed by atoms with Gasteiger partial charge in [-0.05, 0) is 42.8 Å². The fourth-order valence-corrected chi connectivity index (χ4v) is 3.17. The maximum atomic E-state index is 12.2. The zero-order valence-corrected chi connectivity index (χ0v) is 15.2.